The van der Waals surface area contributed by atoms with Crippen LogP contribution in [0.4, 0.5) is 11.4 Å². The van der Waals surface area contributed by atoms with E-state index in [0.29, 0.717) is 6.54 Å². The minimum atomic E-state index is 0.0743. The third-order valence-corrected chi connectivity index (χ3v) is 4.87. The maximum Gasteiger partial charge on any atom is 0.238 e. The number of aryl methyl sites for hydroxylation is 2. The van der Waals surface area contributed by atoms with Gasteiger partial charge in [0.15, 0.2) is 0 Å². The average Bonchev–Trinajstić information content (AvgIpc) is 2.63. The van der Waals surface area contributed by atoms with E-state index in [1.54, 1.807) is 0 Å². The Labute approximate surface area is 150 Å². The lowest BCUT2D eigenvalue weighted by molar-refractivity contribution is -0.117. The van der Waals surface area contributed by atoms with Gasteiger partial charge in [0.05, 0.1) is 6.54 Å². The summed E-state index contributed by atoms with van der Waals surface area (Å²) in [7, 11) is 0. The smallest absolute Gasteiger partial charge is 0.238 e. The number of benzene rings is 2. The van der Waals surface area contributed by atoms with Gasteiger partial charge in [0.1, 0.15) is 0 Å². The summed E-state index contributed by atoms with van der Waals surface area (Å²) in [6.45, 7) is 8.47. The number of rotatable bonds is 5. The van der Waals surface area contributed by atoms with E-state index in [9.17, 15) is 4.79 Å². The van der Waals surface area contributed by atoms with Gasteiger partial charge in [-0.1, -0.05) is 43.3 Å². The minimum absolute atomic E-state index is 0.0743. The summed E-state index contributed by atoms with van der Waals surface area (Å²) in [6.07, 6.45) is 0.922. The number of para-hydroxylation sites is 2. The Morgan fingerprint density at radius 1 is 1.00 bits per heavy atom. The highest BCUT2D eigenvalue weighted by atomic mass is 16.2. The fraction of sp³-hybridized carbons (Fsp3) is 0.381. The average molecular weight is 337 g/mol. The summed E-state index contributed by atoms with van der Waals surface area (Å²) in [5, 5.41) is 3.07. The van der Waals surface area contributed by atoms with Gasteiger partial charge >= 0.3 is 0 Å². The van der Waals surface area contributed by atoms with Crippen molar-refractivity contribution in [3.8, 4) is 0 Å². The van der Waals surface area contributed by atoms with Gasteiger partial charge in [0, 0.05) is 37.6 Å². The zero-order chi connectivity index (χ0) is 17.6. The molecular weight excluding hydrogens is 310 g/mol. The Bertz CT molecular complexity index is 721. The SMILES string of the molecule is CCc1ccccc1NC(=O)CN1CCN(c2ccccc2C)CC1. The zero-order valence-electron chi connectivity index (χ0n) is 15.2. The van der Waals surface area contributed by atoms with E-state index in [4.69, 9.17) is 0 Å². The van der Waals surface area contributed by atoms with Gasteiger partial charge in [-0.05, 0) is 36.6 Å². The largest absolute Gasteiger partial charge is 0.369 e. The summed E-state index contributed by atoms with van der Waals surface area (Å²) >= 11 is 0. The second-order valence-corrected chi connectivity index (χ2v) is 6.61. The Balaban J connectivity index is 1.52. The maximum absolute atomic E-state index is 12.4. The molecule has 4 nitrogen and oxygen atoms in total. The molecule has 1 N–H and O–H groups in total. The van der Waals surface area contributed by atoms with Crippen molar-refractivity contribution in [2.45, 2.75) is 20.3 Å². The van der Waals surface area contributed by atoms with Crippen LogP contribution in [0.1, 0.15) is 18.1 Å². The monoisotopic (exact) mass is 337 g/mol. The van der Waals surface area contributed by atoms with E-state index >= 15 is 0 Å². The van der Waals surface area contributed by atoms with Crippen LogP contribution in [0.25, 0.3) is 0 Å². The first-order valence-corrected chi connectivity index (χ1v) is 9.08. The molecule has 1 saturated heterocycles. The molecule has 2 aromatic carbocycles. The van der Waals surface area contributed by atoms with E-state index in [-0.39, 0.29) is 5.91 Å². The Morgan fingerprint density at radius 3 is 2.40 bits per heavy atom. The molecule has 1 amide bonds. The van der Waals surface area contributed by atoms with E-state index < -0.39 is 0 Å². The highest BCUT2D eigenvalue weighted by molar-refractivity contribution is 5.93. The van der Waals surface area contributed by atoms with Crippen molar-refractivity contribution < 1.29 is 4.79 Å². The normalized spacial score (nSPS) is 15.2. The Morgan fingerprint density at radius 2 is 1.68 bits per heavy atom. The topological polar surface area (TPSA) is 35.6 Å². The van der Waals surface area contributed by atoms with Crippen LogP contribution in [-0.2, 0) is 11.2 Å². The highest BCUT2D eigenvalue weighted by Crippen LogP contribution is 2.21. The second-order valence-electron chi connectivity index (χ2n) is 6.61. The van der Waals surface area contributed by atoms with Gasteiger partial charge < -0.3 is 10.2 Å². The molecule has 2 aromatic rings. The number of hydrogen-bond donors (Lipinski definition) is 1. The molecule has 1 aliphatic rings. The Hall–Kier alpha value is -2.33. The number of carbonyl (C=O) groups is 1. The standard InChI is InChI=1S/C21H27N3O/c1-3-18-9-5-6-10-19(18)22-21(25)16-23-12-14-24(15-13-23)20-11-7-4-8-17(20)2/h4-11H,3,12-16H2,1-2H3,(H,22,25). The molecule has 1 aliphatic heterocycles. The third kappa shape index (κ3) is 4.40. The van der Waals surface area contributed by atoms with Gasteiger partial charge in [-0.15, -0.1) is 0 Å². The van der Waals surface area contributed by atoms with Crippen molar-refractivity contribution in [3.05, 3.63) is 59.7 Å². The third-order valence-electron chi connectivity index (χ3n) is 4.87. The molecule has 132 valence electrons. The molecule has 4 heteroatoms. The number of nitrogens with one attached hydrogen (secondary N) is 1. The molecule has 0 radical (unpaired) electrons. The number of hydrogen-bond acceptors (Lipinski definition) is 3. The zero-order valence-corrected chi connectivity index (χ0v) is 15.2. The van der Waals surface area contributed by atoms with E-state index in [0.717, 1.165) is 38.3 Å². The molecule has 0 bridgehead atoms. The van der Waals surface area contributed by atoms with E-state index in [2.05, 4.69) is 59.3 Å². The van der Waals surface area contributed by atoms with Crippen LogP contribution in [0.5, 0.6) is 0 Å². The molecule has 1 heterocycles. The van der Waals surface area contributed by atoms with Crippen molar-refractivity contribution in [2.75, 3.05) is 42.9 Å². The molecule has 3 rings (SSSR count). The number of piperazine rings is 1. The summed E-state index contributed by atoms with van der Waals surface area (Å²) in [6, 6.07) is 16.5. The number of carbonyl (C=O) groups excluding carboxylic acids is 1. The highest BCUT2D eigenvalue weighted by Gasteiger charge is 2.20. The molecule has 1 fully saturated rings. The number of anilines is 2. The molecule has 0 atom stereocenters. The molecule has 25 heavy (non-hydrogen) atoms. The lowest BCUT2D eigenvalue weighted by Gasteiger charge is -2.36. The Kier molecular flexibility index (Phi) is 5.71. The first-order chi connectivity index (χ1) is 12.2. The fourth-order valence-electron chi connectivity index (χ4n) is 3.41. The first-order valence-electron chi connectivity index (χ1n) is 9.08. The van der Waals surface area contributed by atoms with Crippen molar-refractivity contribution in [1.29, 1.82) is 0 Å². The molecule has 0 spiro atoms. The fourth-order valence-corrected chi connectivity index (χ4v) is 3.41. The van der Waals surface area contributed by atoms with Crippen LogP contribution in [0.3, 0.4) is 0 Å². The van der Waals surface area contributed by atoms with Crippen LogP contribution in [0.15, 0.2) is 48.5 Å². The first kappa shape index (κ1) is 17.5. The molecule has 0 saturated carbocycles. The summed E-state index contributed by atoms with van der Waals surface area (Å²) in [5.41, 5.74) is 4.74. The van der Waals surface area contributed by atoms with E-state index in [1.165, 1.54) is 16.8 Å². The lowest BCUT2D eigenvalue weighted by atomic mass is 10.1. The molecular formula is C21H27N3O. The molecule has 0 unspecified atom stereocenters. The number of nitrogens with zero attached hydrogens (tertiary/aromatic N) is 2. The summed E-state index contributed by atoms with van der Waals surface area (Å²) < 4.78 is 0. The van der Waals surface area contributed by atoms with Crippen LogP contribution < -0.4 is 10.2 Å². The quantitative estimate of drug-likeness (QED) is 0.909. The summed E-state index contributed by atoms with van der Waals surface area (Å²) in [4.78, 5) is 17.0. The lowest BCUT2D eigenvalue weighted by Crippen LogP contribution is -2.48. The molecule has 0 aliphatic carbocycles. The van der Waals surface area contributed by atoms with Crippen molar-refractivity contribution in [2.24, 2.45) is 0 Å². The van der Waals surface area contributed by atoms with Crippen LogP contribution in [0, 0.1) is 6.92 Å². The molecule has 0 aromatic heterocycles. The predicted molar refractivity (Wildman–Crippen MR) is 104 cm³/mol. The van der Waals surface area contributed by atoms with Gasteiger partial charge in [0.2, 0.25) is 5.91 Å². The van der Waals surface area contributed by atoms with Crippen molar-refractivity contribution in [3.63, 3.8) is 0 Å². The van der Waals surface area contributed by atoms with Crippen LogP contribution in [-0.4, -0.2) is 43.5 Å². The van der Waals surface area contributed by atoms with Gasteiger partial charge in [-0.25, -0.2) is 0 Å². The maximum atomic E-state index is 12.4. The van der Waals surface area contributed by atoms with Crippen LogP contribution in [0.2, 0.25) is 0 Å². The van der Waals surface area contributed by atoms with Gasteiger partial charge in [-0.3, -0.25) is 9.69 Å². The van der Waals surface area contributed by atoms with Crippen LogP contribution >= 0.6 is 0 Å². The predicted octanol–water partition coefficient (Wildman–Crippen LogP) is 3.32. The number of amides is 1. The van der Waals surface area contributed by atoms with Gasteiger partial charge in [-0.2, -0.15) is 0 Å². The summed E-state index contributed by atoms with van der Waals surface area (Å²) in [5.74, 6) is 0.0743. The minimum Gasteiger partial charge on any atom is -0.369 e. The van der Waals surface area contributed by atoms with Crippen molar-refractivity contribution >= 4 is 17.3 Å². The van der Waals surface area contributed by atoms with Gasteiger partial charge in [0.25, 0.3) is 0 Å². The van der Waals surface area contributed by atoms with E-state index in [1.807, 2.05) is 18.2 Å². The van der Waals surface area contributed by atoms with Crippen molar-refractivity contribution in [1.82, 2.24) is 4.90 Å². The second kappa shape index (κ2) is 8.17.